The Labute approximate surface area is 161 Å². The Morgan fingerprint density at radius 3 is 2.86 bits per heavy atom. The first-order valence-electron chi connectivity index (χ1n) is 9.37. The molecule has 0 radical (unpaired) electrons. The van der Waals surface area contributed by atoms with Gasteiger partial charge in [-0.15, -0.1) is 0 Å². The van der Waals surface area contributed by atoms with Gasteiger partial charge in [0.2, 0.25) is 5.95 Å². The van der Waals surface area contributed by atoms with Crippen LogP contribution in [0.4, 0.5) is 10.3 Å². The summed E-state index contributed by atoms with van der Waals surface area (Å²) in [5.74, 6) is -1.47. The van der Waals surface area contributed by atoms with Crippen LogP contribution in [0.1, 0.15) is 31.2 Å². The van der Waals surface area contributed by atoms with E-state index in [0.717, 1.165) is 19.0 Å². The molecular weight excluding hydrogens is 365 g/mol. The van der Waals surface area contributed by atoms with Gasteiger partial charge in [0.1, 0.15) is 11.3 Å². The predicted octanol–water partition coefficient (Wildman–Crippen LogP) is 2.56. The molecule has 1 aromatic carbocycles. The molecule has 1 aliphatic heterocycles. The smallest absolute Gasteiger partial charge is 0.306 e. The molecule has 0 amide bonds. The van der Waals surface area contributed by atoms with Gasteiger partial charge in [-0.1, -0.05) is 24.6 Å². The standard InChI is InChI=1S/C20H22FN3O4/c21-16-9-22-19(23-15-6-2-4-13(8-15)18(25)26)24-17(16)12-3-1-5-14(7-12)20(27)10-28-11-20/h1,3,5,7,9,13,15,27H,2,4,6,8,10-11H2,(H,25,26)(H,22,23,24). The maximum absolute atomic E-state index is 14.4. The molecule has 3 N–H and O–H groups in total. The molecule has 2 aromatic rings. The van der Waals surface area contributed by atoms with Gasteiger partial charge in [0, 0.05) is 11.6 Å². The molecule has 1 saturated carbocycles. The zero-order valence-electron chi connectivity index (χ0n) is 15.3. The molecule has 0 bridgehead atoms. The van der Waals surface area contributed by atoms with E-state index in [1.165, 1.54) is 0 Å². The Kier molecular flexibility index (Phi) is 4.99. The highest BCUT2D eigenvalue weighted by atomic mass is 19.1. The number of anilines is 1. The van der Waals surface area contributed by atoms with E-state index < -0.39 is 17.4 Å². The molecule has 0 spiro atoms. The van der Waals surface area contributed by atoms with Gasteiger partial charge in [0.15, 0.2) is 5.82 Å². The molecule has 2 atom stereocenters. The van der Waals surface area contributed by atoms with Crippen LogP contribution in [-0.4, -0.2) is 45.4 Å². The van der Waals surface area contributed by atoms with Gasteiger partial charge in [-0.2, -0.15) is 0 Å². The van der Waals surface area contributed by atoms with E-state index in [9.17, 15) is 19.4 Å². The average Bonchev–Trinajstić information content (AvgIpc) is 2.68. The third-order valence-corrected chi connectivity index (χ3v) is 5.46. The fourth-order valence-corrected chi connectivity index (χ4v) is 3.78. The minimum absolute atomic E-state index is 0.0627. The molecule has 2 unspecified atom stereocenters. The SMILES string of the molecule is O=C(O)C1CCCC(Nc2ncc(F)c(-c3cccc(C4(O)COC4)c3)n2)C1. The number of hydrogen-bond donors (Lipinski definition) is 3. The van der Waals surface area contributed by atoms with Crippen molar-refractivity contribution in [3.63, 3.8) is 0 Å². The molecule has 28 heavy (non-hydrogen) atoms. The van der Waals surface area contributed by atoms with Crippen molar-refractivity contribution < 1.29 is 24.1 Å². The Morgan fingerprint density at radius 1 is 1.32 bits per heavy atom. The first-order valence-corrected chi connectivity index (χ1v) is 9.37. The number of nitrogens with one attached hydrogen (secondary N) is 1. The summed E-state index contributed by atoms with van der Waals surface area (Å²) >= 11 is 0. The summed E-state index contributed by atoms with van der Waals surface area (Å²) in [7, 11) is 0. The highest BCUT2D eigenvalue weighted by Crippen LogP contribution is 2.32. The second-order valence-electron chi connectivity index (χ2n) is 7.54. The van der Waals surface area contributed by atoms with Gasteiger partial charge in [0.25, 0.3) is 0 Å². The Balaban J connectivity index is 1.56. The van der Waals surface area contributed by atoms with E-state index in [-0.39, 0.29) is 36.8 Å². The monoisotopic (exact) mass is 387 g/mol. The first kappa shape index (κ1) is 18.8. The largest absolute Gasteiger partial charge is 0.481 e. The van der Waals surface area contributed by atoms with Crippen molar-refractivity contribution in [3.05, 3.63) is 41.8 Å². The lowest BCUT2D eigenvalue weighted by atomic mass is 9.86. The molecule has 2 fully saturated rings. The summed E-state index contributed by atoms with van der Waals surface area (Å²) in [4.78, 5) is 19.6. The minimum atomic E-state index is -1.05. The molecule has 8 heteroatoms. The van der Waals surface area contributed by atoms with Gasteiger partial charge < -0.3 is 20.3 Å². The normalized spacial score (nSPS) is 23.6. The van der Waals surface area contributed by atoms with Crippen LogP contribution in [0.3, 0.4) is 0 Å². The van der Waals surface area contributed by atoms with Gasteiger partial charge in [-0.3, -0.25) is 4.79 Å². The van der Waals surface area contributed by atoms with E-state index >= 15 is 0 Å². The van der Waals surface area contributed by atoms with Crippen LogP contribution < -0.4 is 5.32 Å². The zero-order chi connectivity index (χ0) is 19.7. The topological polar surface area (TPSA) is 105 Å². The number of rotatable bonds is 5. The maximum Gasteiger partial charge on any atom is 0.306 e. The van der Waals surface area contributed by atoms with Crippen molar-refractivity contribution in [1.82, 2.24) is 9.97 Å². The Hall–Kier alpha value is -2.58. The van der Waals surface area contributed by atoms with Crippen LogP contribution in [0.25, 0.3) is 11.3 Å². The molecule has 1 aliphatic carbocycles. The minimum Gasteiger partial charge on any atom is -0.481 e. The van der Waals surface area contributed by atoms with Crippen LogP contribution >= 0.6 is 0 Å². The predicted molar refractivity (Wildman–Crippen MR) is 99.1 cm³/mol. The fraction of sp³-hybridized carbons (Fsp3) is 0.450. The number of aliphatic carboxylic acids is 1. The number of halogens is 1. The average molecular weight is 387 g/mol. The van der Waals surface area contributed by atoms with Crippen molar-refractivity contribution in [3.8, 4) is 11.3 Å². The Bertz CT molecular complexity index is 888. The van der Waals surface area contributed by atoms with E-state index in [2.05, 4.69) is 15.3 Å². The lowest BCUT2D eigenvalue weighted by Crippen LogP contribution is -2.46. The number of ether oxygens (including phenoxy) is 1. The number of carboxylic acids is 1. The van der Waals surface area contributed by atoms with Crippen molar-refractivity contribution in [2.45, 2.75) is 37.3 Å². The summed E-state index contributed by atoms with van der Waals surface area (Å²) in [5.41, 5.74) is 0.274. The van der Waals surface area contributed by atoms with Crippen LogP contribution in [0, 0.1) is 11.7 Å². The molecule has 148 valence electrons. The summed E-state index contributed by atoms with van der Waals surface area (Å²) < 4.78 is 19.5. The highest BCUT2D eigenvalue weighted by Gasteiger charge is 2.38. The quantitative estimate of drug-likeness (QED) is 0.724. The van der Waals surface area contributed by atoms with Crippen LogP contribution in [0.2, 0.25) is 0 Å². The lowest BCUT2D eigenvalue weighted by Gasteiger charge is -2.36. The van der Waals surface area contributed by atoms with Crippen molar-refractivity contribution in [2.75, 3.05) is 18.5 Å². The maximum atomic E-state index is 14.4. The van der Waals surface area contributed by atoms with Crippen LogP contribution in [0.15, 0.2) is 30.5 Å². The second kappa shape index (κ2) is 7.44. The number of aromatic nitrogens is 2. The lowest BCUT2D eigenvalue weighted by molar-refractivity contribution is -0.184. The number of aliphatic hydroxyl groups is 1. The van der Waals surface area contributed by atoms with Gasteiger partial charge in [-0.05, 0) is 30.9 Å². The summed E-state index contributed by atoms with van der Waals surface area (Å²) in [6.07, 6.45) is 3.90. The Morgan fingerprint density at radius 2 is 2.14 bits per heavy atom. The zero-order valence-corrected chi connectivity index (χ0v) is 15.3. The molecule has 7 nitrogen and oxygen atoms in total. The number of carbonyl (C=O) groups is 1. The number of hydrogen-bond acceptors (Lipinski definition) is 6. The second-order valence-corrected chi connectivity index (χ2v) is 7.54. The molecule has 1 saturated heterocycles. The third-order valence-electron chi connectivity index (χ3n) is 5.46. The van der Waals surface area contributed by atoms with Crippen molar-refractivity contribution in [1.29, 1.82) is 0 Å². The van der Waals surface area contributed by atoms with E-state index in [1.54, 1.807) is 24.3 Å². The molecule has 2 heterocycles. The highest BCUT2D eigenvalue weighted by molar-refractivity contribution is 5.70. The van der Waals surface area contributed by atoms with Gasteiger partial charge in [0.05, 0.1) is 25.3 Å². The van der Waals surface area contributed by atoms with Gasteiger partial charge >= 0.3 is 5.97 Å². The summed E-state index contributed by atoms with van der Waals surface area (Å²) in [6, 6.07) is 6.89. The van der Waals surface area contributed by atoms with Gasteiger partial charge in [-0.25, -0.2) is 14.4 Å². The third kappa shape index (κ3) is 3.70. The number of nitrogens with zero attached hydrogens (tertiary/aromatic N) is 2. The number of carboxylic acid groups (broad SMARTS) is 1. The first-order chi connectivity index (χ1) is 13.4. The molecule has 2 aliphatic rings. The summed E-state index contributed by atoms with van der Waals surface area (Å²) in [6.45, 7) is 0.421. The van der Waals surface area contributed by atoms with E-state index in [1.807, 2.05) is 0 Å². The molecule has 1 aromatic heterocycles. The van der Waals surface area contributed by atoms with E-state index in [4.69, 9.17) is 4.74 Å². The fourth-order valence-electron chi connectivity index (χ4n) is 3.78. The number of benzene rings is 1. The molecular formula is C20H22FN3O4. The van der Waals surface area contributed by atoms with E-state index in [0.29, 0.717) is 24.0 Å². The molecule has 4 rings (SSSR count). The van der Waals surface area contributed by atoms with Crippen LogP contribution in [0.5, 0.6) is 0 Å². The van der Waals surface area contributed by atoms with Crippen molar-refractivity contribution >= 4 is 11.9 Å². The van der Waals surface area contributed by atoms with Crippen molar-refractivity contribution in [2.24, 2.45) is 5.92 Å². The van der Waals surface area contributed by atoms with Crippen LogP contribution in [-0.2, 0) is 15.1 Å². The summed E-state index contributed by atoms with van der Waals surface area (Å²) in [5, 5.41) is 22.8.